The van der Waals surface area contributed by atoms with E-state index >= 15 is 0 Å². The number of hydrogen-bond donors (Lipinski definition) is 2. The van der Waals surface area contributed by atoms with Crippen molar-refractivity contribution in [3.05, 3.63) is 93.7 Å². The molecule has 2 fully saturated rings. The number of piperidine rings is 1. The highest BCUT2D eigenvalue weighted by Crippen LogP contribution is 2.32. The van der Waals surface area contributed by atoms with Crippen molar-refractivity contribution in [3.63, 3.8) is 0 Å². The Bertz CT molecular complexity index is 1320. The molecule has 1 amide bonds. The van der Waals surface area contributed by atoms with E-state index < -0.39 is 0 Å². The number of nitrogens with one attached hydrogen (secondary N) is 2. The Kier molecular flexibility index (Phi) is 8.10. The van der Waals surface area contributed by atoms with Gasteiger partial charge >= 0.3 is 0 Å². The first-order valence-electron chi connectivity index (χ1n) is 14.0. The molecule has 1 spiro atoms. The third-order valence-electron chi connectivity index (χ3n) is 8.12. The molecule has 0 aliphatic carbocycles. The van der Waals surface area contributed by atoms with Crippen LogP contribution in [0.5, 0.6) is 0 Å². The van der Waals surface area contributed by atoms with Gasteiger partial charge in [0.15, 0.2) is 0 Å². The van der Waals surface area contributed by atoms with Crippen LogP contribution in [0.1, 0.15) is 50.9 Å². The lowest BCUT2D eigenvalue weighted by molar-refractivity contribution is -0.138. The van der Waals surface area contributed by atoms with Gasteiger partial charge < -0.3 is 19.6 Å². The number of carbonyl (C=O) groups is 1. The van der Waals surface area contributed by atoms with Crippen LogP contribution in [0.3, 0.4) is 0 Å². The summed E-state index contributed by atoms with van der Waals surface area (Å²) in [4.78, 5) is 36.6. The van der Waals surface area contributed by atoms with E-state index in [9.17, 15) is 4.79 Å². The summed E-state index contributed by atoms with van der Waals surface area (Å²) in [6.45, 7) is 9.70. The average molecular weight is 560 g/mol. The summed E-state index contributed by atoms with van der Waals surface area (Å²) < 4.78 is 6.41. The number of benzene rings is 1. The van der Waals surface area contributed by atoms with Crippen LogP contribution in [-0.4, -0.2) is 78.9 Å². The smallest absolute Gasteiger partial charge is 0.254 e. The summed E-state index contributed by atoms with van der Waals surface area (Å²) in [7, 11) is 0. The molecule has 9 nitrogen and oxygen atoms in total. The predicted octanol–water partition coefficient (Wildman–Crippen LogP) is 4.21. The highest BCUT2D eigenvalue weighted by atomic mass is 32.1. The van der Waals surface area contributed by atoms with E-state index in [0.717, 1.165) is 70.4 Å². The molecule has 6 rings (SSSR count). The number of aryl methyl sites for hydroxylation is 1. The normalized spacial score (nSPS) is 17.8. The molecule has 0 saturated carbocycles. The maximum Gasteiger partial charge on any atom is 0.254 e. The van der Waals surface area contributed by atoms with Gasteiger partial charge in [-0.05, 0) is 54.5 Å². The van der Waals surface area contributed by atoms with E-state index in [1.54, 1.807) is 29.7 Å². The number of aromatic amines is 2. The van der Waals surface area contributed by atoms with E-state index in [-0.39, 0.29) is 11.5 Å². The van der Waals surface area contributed by atoms with Gasteiger partial charge in [-0.25, -0.2) is 9.97 Å². The molecule has 2 N–H and O–H groups in total. The lowest BCUT2D eigenvalue weighted by Crippen LogP contribution is -2.56. The first-order chi connectivity index (χ1) is 19.6. The Labute approximate surface area is 239 Å². The molecule has 5 heterocycles. The van der Waals surface area contributed by atoms with Crippen LogP contribution in [0.15, 0.2) is 60.5 Å². The number of ether oxygens (including phenoxy) is 1. The molecule has 10 heteroatoms. The van der Waals surface area contributed by atoms with Gasteiger partial charge in [0, 0.05) is 74.5 Å². The summed E-state index contributed by atoms with van der Waals surface area (Å²) in [5.74, 6) is 1.43. The topological polar surface area (TPSA) is 93.4 Å². The molecule has 3 aromatic heterocycles. The average Bonchev–Trinajstić information content (AvgIpc) is 3.75. The number of nitrogens with zero attached hydrogens (tertiary/aromatic N) is 5. The number of likely N-dealkylation sites (tertiary alicyclic amines) is 1. The van der Waals surface area contributed by atoms with Crippen LogP contribution < -0.4 is 0 Å². The van der Waals surface area contributed by atoms with Crippen molar-refractivity contribution < 1.29 is 9.53 Å². The third kappa shape index (κ3) is 6.36. The number of imidazole rings is 2. The predicted molar refractivity (Wildman–Crippen MR) is 155 cm³/mol. The molecule has 1 aromatic carbocycles. The number of H-pyrrole nitrogens is 2. The van der Waals surface area contributed by atoms with Crippen molar-refractivity contribution in [2.24, 2.45) is 0 Å². The Balaban J connectivity index is 1.05. The molecule has 2 aliphatic heterocycles. The fourth-order valence-corrected chi connectivity index (χ4v) is 6.72. The van der Waals surface area contributed by atoms with Crippen LogP contribution in [-0.2, 0) is 30.9 Å². The number of thiophene rings is 1. The lowest BCUT2D eigenvalue weighted by Gasteiger charge is -2.47. The summed E-state index contributed by atoms with van der Waals surface area (Å²) in [5, 5.41) is 2.19. The Morgan fingerprint density at radius 2 is 1.68 bits per heavy atom. The van der Waals surface area contributed by atoms with Gasteiger partial charge in [0.1, 0.15) is 11.6 Å². The number of aromatic nitrogens is 4. The Morgan fingerprint density at radius 1 is 0.975 bits per heavy atom. The molecule has 0 bridgehead atoms. The fourth-order valence-electron chi connectivity index (χ4n) is 5.77. The maximum atomic E-state index is 13.5. The van der Waals surface area contributed by atoms with Crippen LogP contribution in [0, 0.1) is 6.92 Å². The molecule has 0 atom stereocenters. The number of carbonyl (C=O) groups excluding carboxylic acids is 1. The Morgan fingerprint density at radius 3 is 2.27 bits per heavy atom. The number of morpholine rings is 1. The maximum absolute atomic E-state index is 13.5. The molecule has 4 aromatic rings. The van der Waals surface area contributed by atoms with E-state index in [2.05, 4.69) is 60.2 Å². The highest BCUT2D eigenvalue weighted by molar-refractivity contribution is 7.10. The molecule has 2 aliphatic rings. The molecular weight excluding hydrogens is 522 g/mol. The monoisotopic (exact) mass is 559 g/mol. The van der Waals surface area contributed by atoms with Crippen molar-refractivity contribution in [1.82, 2.24) is 34.6 Å². The minimum absolute atomic E-state index is 0.0471. The highest BCUT2D eigenvalue weighted by Gasteiger charge is 2.39. The van der Waals surface area contributed by atoms with E-state index in [1.165, 1.54) is 16.0 Å². The van der Waals surface area contributed by atoms with E-state index in [0.29, 0.717) is 18.7 Å². The van der Waals surface area contributed by atoms with Gasteiger partial charge in [-0.1, -0.05) is 12.1 Å². The van der Waals surface area contributed by atoms with Crippen LogP contribution in [0.2, 0.25) is 0 Å². The van der Waals surface area contributed by atoms with Gasteiger partial charge in [0.05, 0.1) is 25.3 Å². The zero-order valence-electron chi connectivity index (χ0n) is 23.0. The second kappa shape index (κ2) is 12.1. The first kappa shape index (κ1) is 26.9. The quantitative estimate of drug-likeness (QED) is 0.319. The van der Waals surface area contributed by atoms with Crippen molar-refractivity contribution >= 4 is 17.2 Å². The standard InChI is InChI=1S/C30H37N7O2S/c1-23-6-17-40-26(23)19-35-13-7-30(8-14-35)22-36(15-16-39-30)18-24-2-4-25(5-3-24)29(38)37(20-27-31-9-10-32-27)21-28-33-11-12-34-28/h2-6,9-12,17H,7-8,13-16,18-22H2,1H3,(H,31,32)(H,33,34). The lowest BCUT2D eigenvalue weighted by atomic mass is 9.89. The third-order valence-corrected chi connectivity index (χ3v) is 9.12. The second-order valence-electron chi connectivity index (χ2n) is 11.0. The number of amides is 1. The zero-order chi connectivity index (χ0) is 27.4. The molecule has 40 heavy (non-hydrogen) atoms. The van der Waals surface area contributed by atoms with Crippen molar-refractivity contribution in [1.29, 1.82) is 0 Å². The summed E-state index contributed by atoms with van der Waals surface area (Å²) in [6, 6.07) is 10.3. The minimum atomic E-state index is -0.0483. The molecular formula is C30H37N7O2S. The number of hydrogen-bond acceptors (Lipinski definition) is 7. The van der Waals surface area contributed by atoms with Crippen molar-refractivity contribution in [3.8, 4) is 0 Å². The van der Waals surface area contributed by atoms with Crippen LogP contribution >= 0.6 is 11.3 Å². The van der Waals surface area contributed by atoms with Gasteiger partial charge in [0.2, 0.25) is 0 Å². The van der Waals surface area contributed by atoms with Crippen molar-refractivity contribution in [2.45, 2.75) is 51.5 Å². The SMILES string of the molecule is Cc1ccsc1CN1CCC2(CC1)CN(Cc1ccc(C(=O)N(Cc3ncc[nH]3)Cc3ncc[nH]3)cc1)CCO2. The van der Waals surface area contributed by atoms with E-state index in [4.69, 9.17) is 4.74 Å². The molecule has 0 radical (unpaired) electrons. The van der Waals surface area contributed by atoms with Gasteiger partial charge in [-0.15, -0.1) is 11.3 Å². The van der Waals surface area contributed by atoms with Crippen molar-refractivity contribution in [2.75, 3.05) is 32.8 Å². The summed E-state index contributed by atoms with van der Waals surface area (Å²) >= 11 is 1.86. The summed E-state index contributed by atoms with van der Waals surface area (Å²) in [6.07, 6.45) is 9.08. The summed E-state index contributed by atoms with van der Waals surface area (Å²) in [5.41, 5.74) is 3.23. The van der Waals surface area contributed by atoms with Crippen LogP contribution in [0.4, 0.5) is 0 Å². The Hall–Kier alpha value is -3.31. The second-order valence-corrected chi connectivity index (χ2v) is 12.0. The first-order valence-corrected chi connectivity index (χ1v) is 14.9. The molecule has 2 saturated heterocycles. The van der Waals surface area contributed by atoms with Crippen LogP contribution in [0.25, 0.3) is 0 Å². The zero-order valence-corrected chi connectivity index (χ0v) is 23.8. The van der Waals surface area contributed by atoms with Gasteiger partial charge in [-0.2, -0.15) is 0 Å². The van der Waals surface area contributed by atoms with Gasteiger partial charge in [-0.3, -0.25) is 14.6 Å². The van der Waals surface area contributed by atoms with Gasteiger partial charge in [0.25, 0.3) is 5.91 Å². The number of rotatable bonds is 9. The minimum Gasteiger partial charge on any atom is -0.372 e. The molecule has 210 valence electrons. The largest absolute Gasteiger partial charge is 0.372 e. The fraction of sp³-hybridized carbons (Fsp3) is 0.433. The van der Waals surface area contributed by atoms with E-state index in [1.807, 2.05) is 23.5 Å². The molecule has 0 unspecified atom stereocenters.